The Morgan fingerprint density at radius 2 is 1.62 bits per heavy atom. The summed E-state index contributed by atoms with van der Waals surface area (Å²) in [6.45, 7) is 0. The smallest absolute Gasteiger partial charge is 0.344 e. The van der Waals surface area contributed by atoms with Crippen molar-refractivity contribution < 1.29 is 13.6 Å². The molecule has 6 rings (SSSR count). The maximum absolute atomic E-state index is 13.1. The van der Waals surface area contributed by atoms with Gasteiger partial charge in [0.05, 0.1) is 10.6 Å². The maximum Gasteiger partial charge on any atom is 0.344 e. The number of carbonyl (C=O) groups excluding carboxylic acids is 1. The van der Waals surface area contributed by atoms with Crippen LogP contribution in [-0.4, -0.2) is 10.9 Å². The van der Waals surface area contributed by atoms with Gasteiger partial charge in [0.1, 0.15) is 11.1 Å². The van der Waals surface area contributed by atoms with E-state index in [9.17, 15) is 9.59 Å². The number of rotatable bonds is 4. The van der Waals surface area contributed by atoms with Gasteiger partial charge in [0, 0.05) is 27.2 Å². The van der Waals surface area contributed by atoms with Crippen LogP contribution < -0.4 is 10.9 Å². The summed E-state index contributed by atoms with van der Waals surface area (Å²) in [4.78, 5) is 30.1. The number of benzene rings is 4. The third-order valence-corrected chi connectivity index (χ3v) is 6.35. The second kappa shape index (κ2) is 9.24. The fraction of sp³-hybridized carbons (Fsp3) is 0. The largest absolute Gasteiger partial charge is 0.435 e. The molecular formula is C29H16Cl2N2O4. The Hall–Kier alpha value is -4.39. The van der Waals surface area contributed by atoms with Gasteiger partial charge >= 0.3 is 5.63 Å². The summed E-state index contributed by atoms with van der Waals surface area (Å²) in [7, 11) is 0. The Labute approximate surface area is 220 Å². The number of anilines is 1. The molecule has 0 fully saturated rings. The van der Waals surface area contributed by atoms with Crippen molar-refractivity contribution in [2.45, 2.75) is 0 Å². The van der Waals surface area contributed by atoms with Gasteiger partial charge in [-0.3, -0.25) is 4.79 Å². The minimum atomic E-state index is -0.469. The van der Waals surface area contributed by atoms with Gasteiger partial charge in [-0.1, -0.05) is 59.6 Å². The van der Waals surface area contributed by atoms with Crippen LogP contribution in [0, 0.1) is 0 Å². The van der Waals surface area contributed by atoms with E-state index in [-0.39, 0.29) is 5.91 Å². The first-order valence-corrected chi connectivity index (χ1v) is 12.0. The molecule has 0 atom stereocenters. The summed E-state index contributed by atoms with van der Waals surface area (Å²) < 4.78 is 11.3. The van der Waals surface area contributed by atoms with E-state index in [1.54, 1.807) is 72.8 Å². The first kappa shape index (κ1) is 23.0. The van der Waals surface area contributed by atoms with E-state index in [0.717, 1.165) is 5.39 Å². The fourth-order valence-corrected chi connectivity index (χ4v) is 4.63. The predicted molar refractivity (Wildman–Crippen MR) is 145 cm³/mol. The molecule has 0 bridgehead atoms. The van der Waals surface area contributed by atoms with Gasteiger partial charge < -0.3 is 14.2 Å². The number of fused-ring (bicyclic) bond motifs is 2. The minimum absolute atomic E-state index is 0.337. The van der Waals surface area contributed by atoms with Crippen LogP contribution in [0.25, 0.3) is 44.7 Å². The van der Waals surface area contributed by atoms with Crippen LogP contribution >= 0.6 is 23.2 Å². The number of oxazole rings is 1. The first-order valence-electron chi connectivity index (χ1n) is 11.3. The highest BCUT2D eigenvalue weighted by atomic mass is 35.5. The van der Waals surface area contributed by atoms with Gasteiger partial charge in [-0.2, -0.15) is 0 Å². The molecule has 0 radical (unpaired) electrons. The summed E-state index contributed by atoms with van der Waals surface area (Å²) in [6.07, 6.45) is 0. The van der Waals surface area contributed by atoms with Crippen molar-refractivity contribution in [3.63, 3.8) is 0 Å². The Morgan fingerprint density at radius 1 is 0.811 bits per heavy atom. The summed E-state index contributed by atoms with van der Waals surface area (Å²) >= 11 is 12.3. The molecule has 1 N–H and O–H groups in total. The summed E-state index contributed by atoms with van der Waals surface area (Å²) in [5.74, 6) is 0.0110. The van der Waals surface area contributed by atoms with Crippen LogP contribution in [0.5, 0.6) is 0 Å². The molecule has 0 saturated carbocycles. The number of aromatic nitrogens is 1. The molecule has 37 heavy (non-hydrogen) atoms. The highest BCUT2D eigenvalue weighted by molar-refractivity contribution is 6.38. The van der Waals surface area contributed by atoms with E-state index in [0.29, 0.717) is 60.6 Å². The zero-order chi connectivity index (χ0) is 25.5. The van der Waals surface area contributed by atoms with Gasteiger partial charge in [0.15, 0.2) is 5.58 Å². The zero-order valence-electron chi connectivity index (χ0n) is 19.0. The number of nitrogens with one attached hydrogen (secondary N) is 1. The van der Waals surface area contributed by atoms with Crippen LogP contribution in [0.15, 0.2) is 105 Å². The standard InChI is InChI=1S/C29H16Cl2N2O4/c30-20-14-23(31)26-24(15-20)33-28(37-26)19-8-4-9-21(12-19)32-27(34)18-7-3-6-16(11-18)22-13-17-5-1-2-10-25(17)36-29(22)35/h1-15H,(H,32,34). The van der Waals surface area contributed by atoms with Crippen molar-refractivity contribution in [3.05, 3.63) is 117 Å². The quantitative estimate of drug-likeness (QED) is 0.236. The number of nitrogens with zero attached hydrogens (tertiary/aromatic N) is 1. The van der Waals surface area contributed by atoms with Crippen molar-refractivity contribution in [1.82, 2.24) is 4.98 Å². The van der Waals surface area contributed by atoms with Crippen LogP contribution in [0.4, 0.5) is 5.69 Å². The monoisotopic (exact) mass is 526 g/mol. The number of carbonyl (C=O) groups is 1. The number of hydrogen-bond acceptors (Lipinski definition) is 5. The lowest BCUT2D eigenvalue weighted by atomic mass is 10.0. The Kier molecular flexibility index (Phi) is 5.75. The molecule has 1 amide bonds. The van der Waals surface area contributed by atoms with Crippen LogP contribution in [0.2, 0.25) is 10.0 Å². The van der Waals surface area contributed by atoms with Crippen molar-refractivity contribution in [3.8, 4) is 22.6 Å². The molecule has 8 heteroatoms. The lowest BCUT2D eigenvalue weighted by Crippen LogP contribution is -2.12. The van der Waals surface area contributed by atoms with Gasteiger partial charge in [-0.05, 0) is 60.2 Å². The predicted octanol–water partition coefficient (Wildman–Crippen LogP) is 7.83. The fourth-order valence-electron chi connectivity index (χ4n) is 4.11. The molecule has 2 aromatic heterocycles. The van der Waals surface area contributed by atoms with Crippen LogP contribution in [0.3, 0.4) is 0 Å². The molecule has 0 spiro atoms. The lowest BCUT2D eigenvalue weighted by Gasteiger charge is -2.08. The molecule has 0 saturated heterocycles. The molecule has 0 aliphatic carbocycles. The van der Waals surface area contributed by atoms with E-state index in [2.05, 4.69) is 10.3 Å². The van der Waals surface area contributed by atoms with Gasteiger partial charge in [-0.15, -0.1) is 0 Å². The minimum Gasteiger partial charge on any atom is -0.435 e. The van der Waals surface area contributed by atoms with Gasteiger partial charge in [0.2, 0.25) is 5.89 Å². The van der Waals surface area contributed by atoms with E-state index in [1.807, 2.05) is 18.2 Å². The van der Waals surface area contributed by atoms with Crippen molar-refractivity contribution in [2.75, 3.05) is 5.32 Å². The number of halogens is 2. The third kappa shape index (κ3) is 4.48. The molecule has 4 aromatic carbocycles. The topological polar surface area (TPSA) is 85.3 Å². The normalized spacial score (nSPS) is 11.2. The molecule has 6 nitrogen and oxygen atoms in total. The molecular weight excluding hydrogens is 511 g/mol. The molecule has 0 unspecified atom stereocenters. The highest BCUT2D eigenvalue weighted by Gasteiger charge is 2.15. The van der Waals surface area contributed by atoms with Crippen molar-refractivity contribution >= 4 is 56.9 Å². The second-order valence-electron chi connectivity index (χ2n) is 8.36. The molecule has 0 aliphatic rings. The number of para-hydroxylation sites is 1. The number of hydrogen-bond donors (Lipinski definition) is 1. The van der Waals surface area contributed by atoms with Crippen molar-refractivity contribution in [1.29, 1.82) is 0 Å². The maximum atomic E-state index is 13.1. The SMILES string of the molecule is O=C(Nc1cccc(-c2nc3cc(Cl)cc(Cl)c3o2)c1)c1cccc(-c2cc3ccccc3oc2=O)c1. The average molecular weight is 527 g/mol. The van der Waals surface area contributed by atoms with E-state index in [1.165, 1.54) is 0 Å². The first-order chi connectivity index (χ1) is 17.9. The molecule has 180 valence electrons. The van der Waals surface area contributed by atoms with Crippen LogP contribution in [0.1, 0.15) is 10.4 Å². The summed E-state index contributed by atoms with van der Waals surface area (Å²) in [5, 5.41) is 4.51. The van der Waals surface area contributed by atoms with Gasteiger partial charge in [-0.25, -0.2) is 9.78 Å². The summed E-state index contributed by atoms with van der Waals surface area (Å²) in [5.41, 5.74) is 3.57. The van der Waals surface area contributed by atoms with Crippen LogP contribution in [-0.2, 0) is 0 Å². The lowest BCUT2D eigenvalue weighted by molar-refractivity contribution is 0.102. The van der Waals surface area contributed by atoms with E-state index >= 15 is 0 Å². The van der Waals surface area contributed by atoms with E-state index < -0.39 is 5.63 Å². The number of amides is 1. The zero-order valence-corrected chi connectivity index (χ0v) is 20.5. The summed E-state index contributed by atoms with van der Waals surface area (Å²) in [6, 6.07) is 26.2. The van der Waals surface area contributed by atoms with E-state index in [4.69, 9.17) is 32.0 Å². The molecule has 2 heterocycles. The molecule has 0 aliphatic heterocycles. The Balaban J connectivity index is 1.29. The van der Waals surface area contributed by atoms with Gasteiger partial charge in [0.25, 0.3) is 5.91 Å². The van der Waals surface area contributed by atoms with Crippen molar-refractivity contribution in [2.24, 2.45) is 0 Å². The second-order valence-corrected chi connectivity index (χ2v) is 9.20. The third-order valence-electron chi connectivity index (χ3n) is 5.85. The molecule has 6 aromatic rings. The Bertz CT molecular complexity index is 1890. The Morgan fingerprint density at radius 3 is 2.51 bits per heavy atom. The average Bonchev–Trinajstić information content (AvgIpc) is 3.33. The highest BCUT2D eigenvalue weighted by Crippen LogP contribution is 2.32.